The van der Waals surface area contributed by atoms with Crippen LogP contribution in [0.4, 0.5) is 0 Å². The molecule has 28 heavy (non-hydrogen) atoms. The van der Waals surface area contributed by atoms with E-state index in [0.717, 1.165) is 21.1 Å². The van der Waals surface area contributed by atoms with Gasteiger partial charge in [-0.25, -0.2) is 0 Å². The molecule has 0 aromatic carbocycles. The maximum atomic E-state index is 12.1. The van der Waals surface area contributed by atoms with E-state index in [1.54, 1.807) is 0 Å². The van der Waals surface area contributed by atoms with Gasteiger partial charge in [0.2, 0.25) is 5.41 Å². The SMILES string of the molecule is COC(=O)C(COCOC(C)=O)(COS(=O)(=O)CCCS(=O)(=O)O)C(=O)OC. The predicted molar refractivity (Wildman–Crippen MR) is 89.8 cm³/mol. The predicted octanol–water partition coefficient (Wildman–Crippen LogP) is -1.52. The van der Waals surface area contributed by atoms with Crippen LogP contribution in [0.3, 0.4) is 0 Å². The van der Waals surface area contributed by atoms with Crippen molar-refractivity contribution in [2.24, 2.45) is 5.41 Å². The van der Waals surface area contributed by atoms with Crippen molar-refractivity contribution in [1.82, 2.24) is 0 Å². The van der Waals surface area contributed by atoms with Crippen molar-refractivity contribution in [3.05, 3.63) is 0 Å². The van der Waals surface area contributed by atoms with Gasteiger partial charge in [-0.15, -0.1) is 0 Å². The molecule has 15 heteroatoms. The van der Waals surface area contributed by atoms with Crippen LogP contribution in [0.15, 0.2) is 0 Å². The van der Waals surface area contributed by atoms with E-state index in [9.17, 15) is 31.2 Å². The summed E-state index contributed by atoms with van der Waals surface area (Å²) in [7, 11) is -6.93. The summed E-state index contributed by atoms with van der Waals surface area (Å²) in [5.41, 5.74) is -2.36. The average Bonchev–Trinajstić information content (AvgIpc) is 2.58. The van der Waals surface area contributed by atoms with Crippen LogP contribution in [0, 0.1) is 5.41 Å². The van der Waals surface area contributed by atoms with E-state index in [1.807, 2.05) is 0 Å². The van der Waals surface area contributed by atoms with Gasteiger partial charge in [-0.2, -0.15) is 16.8 Å². The Labute approximate surface area is 162 Å². The lowest BCUT2D eigenvalue weighted by Gasteiger charge is -2.27. The number of carbonyl (C=O) groups is 3. The third-order valence-corrected chi connectivity index (χ3v) is 5.20. The van der Waals surface area contributed by atoms with E-state index in [2.05, 4.69) is 18.4 Å². The first-order valence-electron chi connectivity index (χ1n) is 7.50. The molecule has 0 aliphatic carbocycles. The molecule has 0 aromatic heterocycles. The van der Waals surface area contributed by atoms with Gasteiger partial charge in [-0.05, 0) is 6.42 Å². The molecule has 0 bridgehead atoms. The van der Waals surface area contributed by atoms with Crippen molar-refractivity contribution in [3.8, 4) is 0 Å². The Hall–Kier alpha value is -1.81. The first-order valence-corrected chi connectivity index (χ1v) is 10.7. The maximum Gasteiger partial charge on any atom is 0.328 e. The number of carbonyl (C=O) groups excluding carboxylic acids is 3. The van der Waals surface area contributed by atoms with Gasteiger partial charge >= 0.3 is 17.9 Å². The smallest absolute Gasteiger partial charge is 0.328 e. The van der Waals surface area contributed by atoms with Crippen LogP contribution in [0.25, 0.3) is 0 Å². The fraction of sp³-hybridized carbons (Fsp3) is 0.769. The summed E-state index contributed by atoms with van der Waals surface area (Å²) in [4.78, 5) is 35.0. The minimum absolute atomic E-state index is 0.492. The van der Waals surface area contributed by atoms with E-state index >= 15 is 0 Å². The normalized spacial score (nSPS) is 12.3. The molecule has 0 saturated heterocycles. The van der Waals surface area contributed by atoms with Crippen LogP contribution in [0.5, 0.6) is 0 Å². The highest BCUT2D eigenvalue weighted by Crippen LogP contribution is 2.24. The topological polar surface area (TPSA) is 186 Å². The molecule has 0 rings (SSSR count). The summed E-state index contributed by atoms with van der Waals surface area (Å²) in [6.07, 6.45) is -0.492. The number of ether oxygens (including phenoxy) is 4. The molecule has 0 unspecified atom stereocenters. The maximum absolute atomic E-state index is 12.1. The second-order valence-corrected chi connectivity index (χ2v) is 8.66. The molecule has 0 aliphatic heterocycles. The molecule has 0 saturated carbocycles. The summed E-state index contributed by atoms with van der Waals surface area (Å²) >= 11 is 0. The van der Waals surface area contributed by atoms with Crippen molar-refractivity contribution in [1.29, 1.82) is 0 Å². The third-order valence-electron chi connectivity index (χ3n) is 3.13. The Kier molecular flexibility index (Phi) is 10.5. The number of methoxy groups -OCH3 is 2. The molecule has 0 amide bonds. The third kappa shape index (κ3) is 9.41. The average molecular weight is 450 g/mol. The van der Waals surface area contributed by atoms with Crippen LogP contribution in [-0.2, 0) is 57.8 Å². The quantitative estimate of drug-likeness (QED) is 0.0649. The highest BCUT2D eigenvalue weighted by Gasteiger charge is 2.50. The van der Waals surface area contributed by atoms with Gasteiger partial charge in [0.25, 0.3) is 20.2 Å². The number of esters is 3. The van der Waals surface area contributed by atoms with Crippen molar-refractivity contribution in [2.45, 2.75) is 13.3 Å². The molecular weight excluding hydrogens is 428 g/mol. The summed E-state index contributed by atoms with van der Waals surface area (Å²) in [5, 5.41) is 0. The Morgan fingerprint density at radius 2 is 1.46 bits per heavy atom. The van der Waals surface area contributed by atoms with Crippen molar-refractivity contribution in [2.75, 3.05) is 45.7 Å². The van der Waals surface area contributed by atoms with E-state index in [4.69, 9.17) is 9.29 Å². The van der Waals surface area contributed by atoms with Crippen molar-refractivity contribution >= 4 is 38.1 Å². The lowest BCUT2D eigenvalue weighted by Crippen LogP contribution is -2.49. The van der Waals surface area contributed by atoms with E-state index < -0.39 is 81.5 Å². The molecule has 0 spiro atoms. The molecular formula is C13H22O13S2. The number of hydrogen-bond acceptors (Lipinski definition) is 12. The van der Waals surface area contributed by atoms with Crippen molar-refractivity contribution in [3.63, 3.8) is 0 Å². The van der Waals surface area contributed by atoms with Gasteiger partial charge < -0.3 is 18.9 Å². The molecule has 0 fully saturated rings. The van der Waals surface area contributed by atoms with E-state index in [-0.39, 0.29) is 0 Å². The minimum atomic E-state index is -4.40. The Bertz CT molecular complexity index is 737. The lowest BCUT2D eigenvalue weighted by molar-refractivity contribution is -0.181. The number of hydrogen-bond donors (Lipinski definition) is 1. The van der Waals surface area contributed by atoms with Crippen LogP contribution >= 0.6 is 0 Å². The van der Waals surface area contributed by atoms with Crippen LogP contribution < -0.4 is 0 Å². The summed E-state index contributed by atoms with van der Waals surface area (Å²) in [6, 6.07) is 0. The fourth-order valence-electron chi connectivity index (χ4n) is 1.76. The van der Waals surface area contributed by atoms with E-state index in [1.165, 1.54) is 0 Å². The first-order chi connectivity index (χ1) is 12.8. The molecule has 164 valence electrons. The second kappa shape index (κ2) is 11.3. The molecule has 0 atom stereocenters. The van der Waals surface area contributed by atoms with Gasteiger partial charge in [0, 0.05) is 6.92 Å². The Morgan fingerprint density at radius 1 is 0.929 bits per heavy atom. The Morgan fingerprint density at radius 3 is 1.89 bits per heavy atom. The largest absolute Gasteiger partial charge is 0.468 e. The van der Waals surface area contributed by atoms with Crippen LogP contribution in [0.1, 0.15) is 13.3 Å². The standard InChI is InChI=1S/C13H22O13S2/c1-10(14)25-9-24-7-13(11(15)22-2,12(16)23-3)8-26-28(20,21)6-4-5-27(17,18)19/h4-9H2,1-3H3,(H,17,18,19). The monoisotopic (exact) mass is 450 g/mol. The van der Waals surface area contributed by atoms with E-state index in [0.29, 0.717) is 0 Å². The molecule has 1 N–H and O–H groups in total. The van der Waals surface area contributed by atoms with Gasteiger partial charge in [-0.1, -0.05) is 0 Å². The van der Waals surface area contributed by atoms with Gasteiger partial charge in [-0.3, -0.25) is 23.1 Å². The van der Waals surface area contributed by atoms with Crippen LogP contribution in [0.2, 0.25) is 0 Å². The molecule has 13 nitrogen and oxygen atoms in total. The second-order valence-electron chi connectivity index (χ2n) is 5.33. The molecule has 0 radical (unpaired) electrons. The highest BCUT2D eigenvalue weighted by atomic mass is 32.2. The summed E-state index contributed by atoms with van der Waals surface area (Å²) in [6.45, 7) is -1.45. The van der Waals surface area contributed by atoms with Crippen LogP contribution in [-0.4, -0.2) is 85.0 Å². The fourth-order valence-corrected chi connectivity index (χ4v) is 3.45. The summed E-state index contributed by atoms with van der Waals surface area (Å²) < 4.78 is 76.7. The molecule has 0 heterocycles. The first kappa shape index (κ1) is 26.2. The zero-order chi connectivity index (χ0) is 22.0. The summed E-state index contributed by atoms with van der Waals surface area (Å²) in [5.74, 6) is -4.84. The molecule has 0 aliphatic rings. The molecule has 0 aromatic rings. The van der Waals surface area contributed by atoms with Gasteiger partial charge in [0.15, 0.2) is 6.79 Å². The van der Waals surface area contributed by atoms with Gasteiger partial charge in [0.1, 0.15) is 0 Å². The van der Waals surface area contributed by atoms with Gasteiger partial charge in [0.05, 0.1) is 38.9 Å². The zero-order valence-electron chi connectivity index (χ0n) is 15.4. The highest BCUT2D eigenvalue weighted by molar-refractivity contribution is 7.87. The lowest BCUT2D eigenvalue weighted by atomic mass is 9.90. The van der Waals surface area contributed by atoms with Crippen molar-refractivity contribution < 1.29 is 58.9 Å². The zero-order valence-corrected chi connectivity index (χ0v) is 17.0. The Balaban J connectivity index is 5.30. The number of rotatable bonds is 13. The minimum Gasteiger partial charge on any atom is -0.468 e.